The first-order chi connectivity index (χ1) is 12.6. The molecule has 2 aromatic heterocycles. The number of carbonyl (C=O) groups is 1. The Bertz CT molecular complexity index is 792. The van der Waals surface area contributed by atoms with E-state index in [4.69, 9.17) is 5.73 Å². The van der Waals surface area contributed by atoms with E-state index in [0.29, 0.717) is 4.88 Å². The first-order valence-corrected chi connectivity index (χ1v) is 10.2. The first-order valence-electron chi connectivity index (χ1n) is 9.38. The van der Waals surface area contributed by atoms with Crippen LogP contribution in [0.4, 0.5) is 5.82 Å². The largest absolute Gasteiger partial charge is 0.365 e. The number of hydrogen-bond donors (Lipinski definition) is 1. The third-order valence-electron chi connectivity index (χ3n) is 5.31. The van der Waals surface area contributed by atoms with Gasteiger partial charge in [0.25, 0.3) is 5.91 Å². The smallest absolute Gasteiger partial charge is 0.258 e. The lowest BCUT2D eigenvalue weighted by atomic mass is 10.3. The monoisotopic (exact) mass is 374 g/mol. The molecule has 26 heavy (non-hydrogen) atoms. The van der Waals surface area contributed by atoms with Gasteiger partial charge in [-0.05, 0) is 38.9 Å². The Morgan fingerprint density at radius 1 is 1.08 bits per heavy atom. The number of carbonyl (C=O) groups excluding carboxylic acids is 1. The van der Waals surface area contributed by atoms with Crippen molar-refractivity contribution in [3.63, 3.8) is 0 Å². The van der Waals surface area contributed by atoms with Crippen molar-refractivity contribution >= 4 is 33.3 Å². The Balaban J connectivity index is 1.44. The molecule has 2 aliphatic heterocycles. The molecule has 4 heterocycles. The highest BCUT2D eigenvalue weighted by molar-refractivity contribution is 7.21. The summed E-state index contributed by atoms with van der Waals surface area (Å²) in [5.41, 5.74) is 6.27. The molecule has 2 saturated heterocycles. The number of aryl methyl sites for hydroxylation is 1. The zero-order valence-corrected chi connectivity index (χ0v) is 16.1. The number of nitrogens with two attached hydrogens (primary N) is 1. The maximum Gasteiger partial charge on any atom is 0.258 e. The van der Waals surface area contributed by atoms with Crippen LogP contribution in [0.2, 0.25) is 0 Å². The highest BCUT2D eigenvalue weighted by Gasteiger charge is 2.23. The highest BCUT2D eigenvalue weighted by atomic mass is 32.1. The Morgan fingerprint density at radius 2 is 1.73 bits per heavy atom. The molecule has 0 saturated carbocycles. The minimum atomic E-state index is -0.400. The van der Waals surface area contributed by atoms with Gasteiger partial charge in [0.15, 0.2) is 0 Å². The maximum absolute atomic E-state index is 11.5. The van der Waals surface area contributed by atoms with E-state index >= 15 is 0 Å². The summed E-state index contributed by atoms with van der Waals surface area (Å²) in [6.07, 6.45) is 2.70. The molecular weight excluding hydrogens is 348 g/mol. The first kappa shape index (κ1) is 17.6. The lowest BCUT2D eigenvalue weighted by Gasteiger charge is -2.36. The van der Waals surface area contributed by atoms with E-state index in [1.165, 1.54) is 43.8 Å². The number of primary amides is 1. The van der Waals surface area contributed by atoms with Crippen LogP contribution in [0.1, 0.15) is 28.3 Å². The molecule has 2 fully saturated rings. The van der Waals surface area contributed by atoms with Gasteiger partial charge in [0.2, 0.25) is 0 Å². The molecule has 0 aromatic carbocycles. The molecule has 0 atom stereocenters. The van der Waals surface area contributed by atoms with Gasteiger partial charge in [0, 0.05) is 39.3 Å². The topological polar surface area (TPSA) is 78.6 Å². The fraction of sp³-hybridized carbons (Fsp3) is 0.611. The normalized spacial score (nSPS) is 19.5. The summed E-state index contributed by atoms with van der Waals surface area (Å²) >= 11 is 1.40. The summed E-state index contributed by atoms with van der Waals surface area (Å²) in [4.78, 5) is 28.7. The predicted molar refractivity (Wildman–Crippen MR) is 105 cm³/mol. The maximum atomic E-state index is 11.5. The zero-order valence-electron chi connectivity index (χ0n) is 15.3. The molecule has 0 bridgehead atoms. The van der Waals surface area contributed by atoms with Crippen LogP contribution in [0.25, 0.3) is 10.2 Å². The standard InChI is InChI=1S/C18H26N6OS/c1-13-20-14-12-15(17(19)25)26-16(14)18(21-13)24-10-8-23(9-11-24)7-6-22-4-2-3-5-22/h12H,2-11H2,1H3,(H2,19,25). The van der Waals surface area contributed by atoms with Crippen LogP contribution < -0.4 is 10.6 Å². The number of anilines is 1. The number of thiophene rings is 1. The van der Waals surface area contributed by atoms with Crippen molar-refractivity contribution in [3.8, 4) is 0 Å². The fourth-order valence-corrected chi connectivity index (χ4v) is 4.80. The fourth-order valence-electron chi connectivity index (χ4n) is 3.84. The Morgan fingerprint density at radius 3 is 2.38 bits per heavy atom. The van der Waals surface area contributed by atoms with Crippen molar-refractivity contribution in [1.82, 2.24) is 19.8 Å². The van der Waals surface area contributed by atoms with E-state index in [2.05, 4.69) is 24.7 Å². The summed E-state index contributed by atoms with van der Waals surface area (Å²) in [5, 5.41) is 0. The second kappa shape index (κ2) is 7.46. The summed E-state index contributed by atoms with van der Waals surface area (Å²) in [6, 6.07) is 1.78. The molecule has 0 unspecified atom stereocenters. The van der Waals surface area contributed by atoms with Crippen molar-refractivity contribution in [2.24, 2.45) is 5.73 Å². The summed E-state index contributed by atoms with van der Waals surface area (Å²) < 4.78 is 0.968. The molecule has 4 rings (SSSR count). The van der Waals surface area contributed by atoms with E-state index in [9.17, 15) is 4.79 Å². The van der Waals surface area contributed by atoms with E-state index in [1.807, 2.05) is 6.92 Å². The van der Waals surface area contributed by atoms with Gasteiger partial charge in [-0.25, -0.2) is 9.97 Å². The summed E-state index contributed by atoms with van der Waals surface area (Å²) in [6.45, 7) is 10.8. The third-order valence-corrected chi connectivity index (χ3v) is 6.45. The summed E-state index contributed by atoms with van der Waals surface area (Å²) in [5.74, 6) is 1.28. The van der Waals surface area contributed by atoms with E-state index < -0.39 is 5.91 Å². The highest BCUT2D eigenvalue weighted by Crippen LogP contribution is 2.32. The van der Waals surface area contributed by atoms with Gasteiger partial charge in [-0.15, -0.1) is 11.3 Å². The molecular formula is C18H26N6OS. The quantitative estimate of drug-likeness (QED) is 0.850. The number of likely N-dealkylation sites (tertiary alicyclic amines) is 1. The van der Waals surface area contributed by atoms with Gasteiger partial charge in [-0.1, -0.05) is 0 Å². The molecule has 8 heteroatoms. The molecule has 0 spiro atoms. The van der Waals surface area contributed by atoms with Gasteiger partial charge in [0.05, 0.1) is 15.1 Å². The third kappa shape index (κ3) is 3.67. The van der Waals surface area contributed by atoms with Crippen LogP contribution >= 0.6 is 11.3 Å². The lowest BCUT2D eigenvalue weighted by Crippen LogP contribution is -2.48. The van der Waals surface area contributed by atoms with Crippen molar-refractivity contribution < 1.29 is 4.79 Å². The molecule has 140 valence electrons. The van der Waals surface area contributed by atoms with Crippen molar-refractivity contribution in [1.29, 1.82) is 0 Å². The van der Waals surface area contributed by atoms with Gasteiger partial charge >= 0.3 is 0 Å². The van der Waals surface area contributed by atoms with Crippen LogP contribution in [0, 0.1) is 6.92 Å². The lowest BCUT2D eigenvalue weighted by molar-refractivity contribution is 0.100. The van der Waals surface area contributed by atoms with Crippen LogP contribution in [0.5, 0.6) is 0 Å². The average molecular weight is 375 g/mol. The number of piperazine rings is 1. The number of hydrogen-bond acceptors (Lipinski definition) is 7. The zero-order chi connectivity index (χ0) is 18.1. The SMILES string of the molecule is Cc1nc(N2CCN(CCN3CCCC3)CC2)c2sc(C(N)=O)cc2n1. The van der Waals surface area contributed by atoms with E-state index in [-0.39, 0.29) is 0 Å². The Hall–Kier alpha value is -1.77. The van der Waals surface area contributed by atoms with E-state index in [0.717, 1.165) is 54.6 Å². The van der Waals surface area contributed by atoms with Crippen LogP contribution in [0.3, 0.4) is 0 Å². The van der Waals surface area contributed by atoms with Gasteiger partial charge in [-0.2, -0.15) is 0 Å². The second-order valence-corrected chi connectivity index (χ2v) is 8.21. The van der Waals surface area contributed by atoms with E-state index in [1.54, 1.807) is 6.07 Å². The number of fused-ring (bicyclic) bond motifs is 1. The van der Waals surface area contributed by atoms with Crippen molar-refractivity contribution in [2.45, 2.75) is 19.8 Å². The molecule has 7 nitrogen and oxygen atoms in total. The van der Waals surface area contributed by atoms with Crippen LogP contribution in [-0.2, 0) is 0 Å². The average Bonchev–Trinajstić information content (AvgIpc) is 3.29. The number of amides is 1. The summed E-state index contributed by atoms with van der Waals surface area (Å²) in [7, 11) is 0. The Kier molecular flexibility index (Phi) is 5.06. The van der Waals surface area contributed by atoms with Crippen LogP contribution in [-0.4, -0.2) is 78.0 Å². The Labute approximate surface area is 157 Å². The number of aromatic nitrogens is 2. The molecule has 2 aliphatic rings. The molecule has 2 N–H and O–H groups in total. The number of nitrogens with zero attached hydrogens (tertiary/aromatic N) is 5. The second-order valence-electron chi connectivity index (χ2n) is 7.16. The van der Waals surface area contributed by atoms with Gasteiger partial charge < -0.3 is 15.5 Å². The predicted octanol–water partition coefficient (Wildman–Crippen LogP) is 1.32. The van der Waals surface area contributed by atoms with Crippen LogP contribution in [0.15, 0.2) is 6.07 Å². The minimum absolute atomic E-state index is 0.400. The van der Waals surface area contributed by atoms with Gasteiger partial charge in [0.1, 0.15) is 11.6 Å². The molecule has 1 amide bonds. The number of rotatable bonds is 5. The molecule has 0 aliphatic carbocycles. The van der Waals surface area contributed by atoms with Crippen molar-refractivity contribution in [2.75, 3.05) is 57.3 Å². The molecule has 0 radical (unpaired) electrons. The minimum Gasteiger partial charge on any atom is -0.365 e. The molecule has 2 aromatic rings. The van der Waals surface area contributed by atoms with Crippen molar-refractivity contribution in [3.05, 3.63) is 16.8 Å². The van der Waals surface area contributed by atoms with Gasteiger partial charge in [-0.3, -0.25) is 9.69 Å².